The number of hydrogen-bond acceptors (Lipinski definition) is 5. The molecule has 156 valence electrons. The number of rotatable bonds is 6. The van der Waals surface area contributed by atoms with Gasteiger partial charge in [-0.3, -0.25) is 0 Å². The molecule has 2 aromatic carbocycles. The molecule has 0 radical (unpaired) electrons. The monoisotopic (exact) mass is 440 g/mol. The maximum Gasteiger partial charge on any atom is 0.346 e. The van der Waals surface area contributed by atoms with Gasteiger partial charge in [-0.1, -0.05) is 29.3 Å². The summed E-state index contributed by atoms with van der Waals surface area (Å²) in [5.74, 6) is -4.93. The number of ether oxygens (including phenoxy) is 3. The summed E-state index contributed by atoms with van der Waals surface area (Å²) < 4.78 is 96.4. The predicted molar refractivity (Wildman–Crippen MR) is 108 cm³/mol. The Morgan fingerprint density at radius 3 is 2.53 bits per heavy atom. The van der Waals surface area contributed by atoms with Crippen LogP contribution in [-0.2, 0) is 0 Å². The summed E-state index contributed by atoms with van der Waals surface area (Å²) in [6.45, 7) is -4.98. The van der Waals surface area contributed by atoms with Crippen LogP contribution in [0.15, 0.2) is 48.7 Å². The Morgan fingerprint density at radius 2 is 1.87 bits per heavy atom. The summed E-state index contributed by atoms with van der Waals surface area (Å²) in [7, 11) is 0. The first kappa shape index (κ1) is 13.9. The molecule has 3 aromatic rings. The Kier molecular flexibility index (Phi) is 4.22. The van der Waals surface area contributed by atoms with Crippen LogP contribution in [0.1, 0.15) is 39.2 Å². The van der Waals surface area contributed by atoms with Crippen molar-refractivity contribution < 1.29 is 37.4 Å². The van der Waals surface area contributed by atoms with Crippen molar-refractivity contribution in [3.05, 3.63) is 76.4 Å². The largest absolute Gasteiger partial charge is 0.474 e. The minimum absolute atomic E-state index is 0.132. The summed E-state index contributed by atoms with van der Waals surface area (Å²) in [6.07, 6.45) is -2.53. The Bertz CT molecular complexity index is 1300. The molecular weight excluding hydrogens is 416 g/mol. The van der Waals surface area contributed by atoms with Crippen LogP contribution in [0.2, 0.25) is 5.02 Å². The van der Waals surface area contributed by atoms with E-state index < -0.39 is 59.6 Å². The molecule has 0 unspecified atom stereocenters. The zero-order valence-corrected chi connectivity index (χ0v) is 16.1. The molecule has 1 heterocycles. The highest BCUT2D eigenvalue weighted by Gasteiger charge is 2.20. The van der Waals surface area contributed by atoms with E-state index in [1.165, 1.54) is 12.1 Å². The van der Waals surface area contributed by atoms with Gasteiger partial charge in [0, 0.05) is 20.4 Å². The van der Waals surface area contributed by atoms with Crippen molar-refractivity contribution in [3.8, 4) is 23.1 Å². The van der Waals surface area contributed by atoms with Gasteiger partial charge in [0.05, 0.1) is 19.2 Å². The molecule has 0 fully saturated rings. The first-order chi connectivity index (χ1) is 17.0. The van der Waals surface area contributed by atoms with E-state index >= 15 is 0 Å². The van der Waals surface area contributed by atoms with Crippen LogP contribution >= 0.6 is 11.6 Å². The third kappa shape index (κ3) is 5.24. The molecular formula is C22H18ClF2NO4. The number of hydrogen-bond donors (Lipinski definition) is 0. The van der Waals surface area contributed by atoms with Gasteiger partial charge < -0.3 is 14.2 Å². The third-order valence-electron chi connectivity index (χ3n) is 3.68. The second kappa shape index (κ2) is 9.09. The number of halogens is 3. The molecule has 0 aliphatic heterocycles. The lowest BCUT2D eigenvalue weighted by atomic mass is 10.2. The second-order valence-electron chi connectivity index (χ2n) is 5.96. The molecule has 5 nitrogen and oxygen atoms in total. The summed E-state index contributed by atoms with van der Waals surface area (Å²) >= 11 is 5.98. The lowest BCUT2D eigenvalue weighted by Gasteiger charge is -2.12. The van der Waals surface area contributed by atoms with E-state index in [0.717, 1.165) is 17.8 Å². The van der Waals surface area contributed by atoms with Crippen molar-refractivity contribution in [2.45, 2.75) is 26.7 Å². The molecule has 8 heteroatoms. The SMILES string of the molecule is [2H]C([2H])([2H])C([2H])(Oc1ncc(Oc2cc(F)c(C(=O)Oc3ccc(C)cc3)cc2F)cc1Cl)C([2H])([2H])[2H]. The van der Waals surface area contributed by atoms with Gasteiger partial charge in [-0.2, -0.15) is 0 Å². The van der Waals surface area contributed by atoms with Gasteiger partial charge >= 0.3 is 5.97 Å². The highest BCUT2D eigenvalue weighted by molar-refractivity contribution is 6.31. The Labute approximate surface area is 187 Å². The zero-order valence-electron chi connectivity index (χ0n) is 22.3. The van der Waals surface area contributed by atoms with Crippen molar-refractivity contribution in [2.75, 3.05) is 0 Å². The number of carbonyl (C=O) groups excluding carboxylic acids is 1. The van der Waals surface area contributed by atoms with Gasteiger partial charge in [0.1, 0.15) is 22.3 Å². The van der Waals surface area contributed by atoms with Gasteiger partial charge in [0.25, 0.3) is 0 Å². The number of benzene rings is 2. The molecule has 3 rings (SSSR count). The predicted octanol–water partition coefficient (Wildman–Crippen LogP) is 6.12. The standard InChI is InChI=1S/C22H18ClF2NO4/c1-12(2)28-21-17(23)8-15(11-26-21)29-20-10-18(24)16(9-19(20)25)22(27)30-14-6-4-13(3)5-7-14/h4-12H,1-3H3/i1D3,2D3,12D. The van der Waals surface area contributed by atoms with Crippen molar-refractivity contribution in [1.82, 2.24) is 4.98 Å². The van der Waals surface area contributed by atoms with Crippen LogP contribution in [0.5, 0.6) is 23.1 Å². The maximum absolute atomic E-state index is 14.6. The van der Waals surface area contributed by atoms with Crippen LogP contribution in [0, 0.1) is 18.6 Å². The minimum Gasteiger partial charge on any atom is -0.474 e. The molecule has 30 heavy (non-hydrogen) atoms. The van der Waals surface area contributed by atoms with Crippen LogP contribution in [0.3, 0.4) is 0 Å². The van der Waals surface area contributed by atoms with Crippen LogP contribution in [-0.4, -0.2) is 17.0 Å². The van der Waals surface area contributed by atoms with Crippen molar-refractivity contribution >= 4 is 17.6 Å². The molecule has 0 amide bonds. The molecule has 0 saturated heterocycles. The highest BCUT2D eigenvalue weighted by Crippen LogP contribution is 2.32. The maximum atomic E-state index is 14.6. The highest BCUT2D eigenvalue weighted by atomic mass is 35.5. The van der Waals surface area contributed by atoms with Crippen LogP contribution in [0.4, 0.5) is 8.78 Å². The van der Waals surface area contributed by atoms with E-state index in [0.29, 0.717) is 12.1 Å². The van der Waals surface area contributed by atoms with Gasteiger partial charge in [-0.15, -0.1) is 0 Å². The van der Waals surface area contributed by atoms with Gasteiger partial charge in [-0.25, -0.2) is 18.6 Å². The lowest BCUT2D eigenvalue weighted by molar-refractivity contribution is 0.0729. The second-order valence-corrected chi connectivity index (χ2v) is 6.36. The summed E-state index contributed by atoms with van der Waals surface area (Å²) in [6, 6.07) is 8.45. The minimum atomic E-state index is -3.40. The Hall–Kier alpha value is -3.19. The third-order valence-corrected chi connectivity index (χ3v) is 3.95. The van der Waals surface area contributed by atoms with Gasteiger partial charge in [0.2, 0.25) is 5.88 Å². The van der Waals surface area contributed by atoms with Crippen molar-refractivity contribution in [3.63, 3.8) is 0 Å². The number of nitrogens with zero attached hydrogens (tertiary/aromatic N) is 1. The van der Waals surface area contributed by atoms with E-state index in [9.17, 15) is 13.6 Å². The number of esters is 1. The average Bonchev–Trinajstić information content (AvgIpc) is 2.77. The summed E-state index contributed by atoms with van der Waals surface area (Å²) in [5.41, 5.74) is 0.215. The van der Waals surface area contributed by atoms with E-state index in [1.807, 2.05) is 6.92 Å². The number of aryl methyl sites for hydroxylation is 1. The Morgan fingerprint density at radius 1 is 1.13 bits per heavy atom. The normalized spacial score (nSPS) is 15.4. The van der Waals surface area contributed by atoms with E-state index in [4.69, 9.17) is 35.4 Å². The van der Waals surface area contributed by atoms with E-state index in [1.54, 1.807) is 12.1 Å². The zero-order chi connectivity index (χ0) is 27.8. The van der Waals surface area contributed by atoms with Crippen LogP contribution in [0.25, 0.3) is 0 Å². The fraction of sp³-hybridized carbons (Fsp3) is 0.182. The van der Waals surface area contributed by atoms with Gasteiger partial charge in [-0.05, 0) is 38.8 Å². The van der Waals surface area contributed by atoms with Gasteiger partial charge in [0.15, 0.2) is 11.6 Å². The van der Waals surface area contributed by atoms with Crippen molar-refractivity contribution in [2.24, 2.45) is 0 Å². The summed E-state index contributed by atoms with van der Waals surface area (Å²) in [4.78, 5) is 15.9. The van der Waals surface area contributed by atoms with E-state index in [2.05, 4.69) is 4.98 Å². The Balaban J connectivity index is 1.81. The average molecular weight is 441 g/mol. The molecule has 1 aromatic heterocycles. The molecule has 0 N–H and O–H groups in total. The number of aromatic nitrogens is 1. The molecule has 0 aliphatic carbocycles. The number of carbonyl (C=O) groups is 1. The van der Waals surface area contributed by atoms with E-state index in [-0.39, 0.29) is 11.5 Å². The van der Waals surface area contributed by atoms with Crippen LogP contribution < -0.4 is 14.2 Å². The molecule has 0 atom stereocenters. The molecule has 0 bridgehead atoms. The molecule has 0 saturated carbocycles. The summed E-state index contributed by atoms with van der Waals surface area (Å²) in [5, 5.41) is -0.471. The topological polar surface area (TPSA) is 57.7 Å². The smallest absolute Gasteiger partial charge is 0.346 e. The first-order valence-electron chi connectivity index (χ1n) is 11.8. The fourth-order valence-corrected chi connectivity index (χ4v) is 2.49. The number of pyridine rings is 1. The quantitative estimate of drug-likeness (QED) is 0.341. The molecule has 0 spiro atoms. The lowest BCUT2D eigenvalue weighted by Crippen LogP contribution is -2.11. The molecule has 0 aliphatic rings. The fourth-order valence-electron chi connectivity index (χ4n) is 2.29. The van der Waals surface area contributed by atoms with Crippen molar-refractivity contribution in [1.29, 1.82) is 0 Å². The first-order valence-corrected chi connectivity index (χ1v) is 8.70.